The number of rotatable bonds is 7. The molecule has 0 bridgehead atoms. The van der Waals surface area contributed by atoms with Crippen molar-refractivity contribution in [2.75, 3.05) is 19.6 Å². The van der Waals surface area contributed by atoms with Crippen LogP contribution in [0.5, 0.6) is 0 Å². The van der Waals surface area contributed by atoms with Crippen molar-refractivity contribution in [1.82, 2.24) is 5.01 Å². The Kier molecular flexibility index (Phi) is 7.25. The van der Waals surface area contributed by atoms with E-state index in [1.54, 1.807) is 0 Å². The molecule has 0 fully saturated rings. The summed E-state index contributed by atoms with van der Waals surface area (Å²) < 4.78 is 0. The first-order chi connectivity index (χ1) is 6.91. The maximum atomic E-state index is 8.61. The number of hydrogen-bond acceptors (Lipinski definition) is 4. The van der Waals surface area contributed by atoms with Gasteiger partial charge in [0.25, 0.3) is 0 Å². The van der Waals surface area contributed by atoms with Crippen molar-refractivity contribution in [1.29, 1.82) is 0 Å². The first-order valence-electron chi connectivity index (χ1n) is 5.40. The highest BCUT2D eigenvalue weighted by Gasteiger charge is 2.07. The molecule has 0 aliphatic heterocycles. The molecule has 0 saturated heterocycles. The van der Waals surface area contributed by atoms with Crippen molar-refractivity contribution in [2.45, 2.75) is 34.0 Å². The zero-order valence-electron chi connectivity index (χ0n) is 10.1. The summed E-state index contributed by atoms with van der Waals surface area (Å²) in [5, 5.41) is 26.8. The predicted octanol–water partition coefficient (Wildman–Crippen LogP) is 1.28. The van der Waals surface area contributed by atoms with Gasteiger partial charge in [-0.15, -0.1) is 0 Å². The van der Waals surface area contributed by atoms with Gasteiger partial charge < -0.3 is 10.2 Å². The van der Waals surface area contributed by atoms with Gasteiger partial charge in [-0.25, -0.2) is 0 Å². The summed E-state index contributed by atoms with van der Waals surface area (Å²) in [6, 6.07) is 0. The zero-order chi connectivity index (χ0) is 11.8. The fraction of sp³-hybridized carbons (Fsp3) is 1.00. The van der Waals surface area contributed by atoms with E-state index in [4.69, 9.17) is 10.2 Å². The minimum absolute atomic E-state index is 0.0628. The Balaban J connectivity index is 4.05. The quantitative estimate of drug-likeness (QED) is 0.383. The Hall–Kier alpha value is -0.680. The van der Waals surface area contributed by atoms with Crippen LogP contribution < -0.4 is 0 Å². The molecule has 0 rings (SSSR count). The minimum Gasteiger partial charge on any atom is -0.366 e. The van der Waals surface area contributed by atoms with Gasteiger partial charge in [0, 0.05) is 13.1 Å². The lowest BCUT2D eigenvalue weighted by molar-refractivity contribution is -0.0326. The SMILES string of the molecule is CC(C)CN(CC(C)C)N=NCC(O)O. The van der Waals surface area contributed by atoms with Gasteiger partial charge in [0.2, 0.25) is 0 Å². The van der Waals surface area contributed by atoms with Crippen molar-refractivity contribution in [3.05, 3.63) is 0 Å². The summed E-state index contributed by atoms with van der Waals surface area (Å²) in [6.45, 7) is 10.1. The lowest BCUT2D eigenvalue weighted by Gasteiger charge is -2.21. The van der Waals surface area contributed by atoms with Gasteiger partial charge in [0.05, 0.1) is 0 Å². The molecular formula is C10H23N3O2. The lowest BCUT2D eigenvalue weighted by Crippen LogP contribution is -2.26. The van der Waals surface area contributed by atoms with Crippen LogP contribution in [-0.2, 0) is 0 Å². The Morgan fingerprint density at radius 3 is 1.80 bits per heavy atom. The van der Waals surface area contributed by atoms with Crippen molar-refractivity contribution in [3.8, 4) is 0 Å². The topological polar surface area (TPSA) is 68.4 Å². The van der Waals surface area contributed by atoms with Crippen LogP contribution in [0.4, 0.5) is 0 Å². The third-order valence-corrected chi connectivity index (χ3v) is 1.59. The Morgan fingerprint density at radius 1 is 1.00 bits per heavy atom. The van der Waals surface area contributed by atoms with Crippen LogP contribution in [0, 0.1) is 11.8 Å². The van der Waals surface area contributed by atoms with Gasteiger partial charge in [0.15, 0.2) is 6.29 Å². The average Bonchev–Trinajstić information content (AvgIpc) is 2.00. The normalized spacial score (nSPS) is 12.3. The lowest BCUT2D eigenvalue weighted by atomic mass is 10.2. The second-order valence-corrected chi connectivity index (χ2v) is 4.55. The van der Waals surface area contributed by atoms with E-state index >= 15 is 0 Å². The molecule has 0 saturated carbocycles. The molecule has 5 heteroatoms. The van der Waals surface area contributed by atoms with Crippen molar-refractivity contribution >= 4 is 0 Å². The molecule has 15 heavy (non-hydrogen) atoms. The maximum absolute atomic E-state index is 8.61. The Morgan fingerprint density at radius 2 is 1.47 bits per heavy atom. The maximum Gasteiger partial charge on any atom is 0.173 e. The molecule has 0 amide bonds. The van der Waals surface area contributed by atoms with E-state index in [1.807, 2.05) is 5.01 Å². The Bertz CT molecular complexity index is 172. The van der Waals surface area contributed by atoms with Gasteiger partial charge in [-0.2, -0.15) is 5.11 Å². The van der Waals surface area contributed by atoms with Crippen molar-refractivity contribution in [2.24, 2.45) is 22.2 Å². The van der Waals surface area contributed by atoms with Gasteiger partial charge in [-0.1, -0.05) is 32.9 Å². The smallest absolute Gasteiger partial charge is 0.173 e. The van der Waals surface area contributed by atoms with Crippen LogP contribution in [0.1, 0.15) is 27.7 Å². The summed E-state index contributed by atoms with van der Waals surface area (Å²) in [6.07, 6.45) is -1.41. The molecule has 0 aromatic carbocycles. The molecule has 0 unspecified atom stereocenters. The molecule has 0 aliphatic rings. The largest absolute Gasteiger partial charge is 0.366 e. The third-order valence-electron chi connectivity index (χ3n) is 1.59. The molecule has 0 spiro atoms. The van der Waals surface area contributed by atoms with Crippen molar-refractivity contribution < 1.29 is 10.2 Å². The molecule has 0 atom stereocenters. The summed E-state index contributed by atoms with van der Waals surface area (Å²) in [5.41, 5.74) is 0. The van der Waals surface area contributed by atoms with E-state index in [9.17, 15) is 0 Å². The molecule has 0 radical (unpaired) electrons. The van der Waals surface area contributed by atoms with Crippen LogP contribution in [-0.4, -0.2) is 41.1 Å². The van der Waals surface area contributed by atoms with E-state index in [2.05, 4.69) is 38.0 Å². The zero-order valence-corrected chi connectivity index (χ0v) is 10.1. The summed E-state index contributed by atoms with van der Waals surface area (Å²) in [4.78, 5) is 0. The van der Waals surface area contributed by atoms with Crippen LogP contribution in [0.15, 0.2) is 10.3 Å². The number of aliphatic hydroxyl groups is 2. The van der Waals surface area contributed by atoms with Crippen LogP contribution in [0.25, 0.3) is 0 Å². The molecule has 5 nitrogen and oxygen atoms in total. The summed E-state index contributed by atoms with van der Waals surface area (Å²) in [5.74, 6) is 1.03. The van der Waals surface area contributed by atoms with E-state index < -0.39 is 6.29 Å². The molecule has 90 valence electrons. The fourth-order valence-corrected chi connectivity index (χ4v) is 1.19. The van der Waals surface area contributed by atoms with Crippen LogP contribution in [0.2, 0.25) is 0 Å². The van der Waals surface area contributed by atoms with E-state index in [1.165, 1.54) is 0 Å². The van der Waals surface area contributed by atoms with Crippen molar-refractivity contribution in [3.63, 3.8) is 0 Å². The highest BCUT2D eigenvalue weighted by molar-refractivity contribution is 4.57. The molecular weight excluding hydrogens is 194 g/mol. The molecule has 0 aromatic rings. The second-order valence-electron chi connectivity index (χ2n) is 4.55. The number of hydrogen-bond donors (Lipinski definition) is 2. The van der Waals surface area contributed by atoms with Crippen LogP contribution in [0.3, 0.4) is 0 Å². The molecule has 2 N–H and O–H groups in total. The monoisotopic (exact) mass is 217 g/mol. The van der Waals surface area contributed by atoms with E-state index in [0.29, 0.717) is 11.8 Å². The van der Waals surface area contributed by atoms with Gasteiger partial charge in [-0.05, 0) is 11.8 Å². The molecule has 0 aliphatic carbocycles. The fourth-order valence-electron chi connectivity index (χ4n) is 1.19. The van der Waals surface area contributed by atoms with Crippen LogP contribution >= 0.6 is 0 Å². The summed E-state index contributed by atoms with van der Waals surface area (Å²) >= 11 is 0. The van der Waals surface area contributed by atoms with Gasteiger partial charge in [-0.3, -0.25) is 5.01 Å². The van der Waals surface area contributed by atoms with Gasteiger partial charge in [0.1, 0.15) is 6.54 Å². The standard InChI is InChI=1S/C10H23N3O2/c1-8(2)6-13(7-9(3)4)12-11-5-10(14)15/h8-10,14-15H,5-7H2,1-4H3. The Labute approximate surface area is 91.8 Å². The third kappa shape index (κ3) is 9.62. The highest BCUT2D eigenvalue weighted by atomic mass is 16.5. The highest BCUT2D eigenvalue weighted by Crippen LogP contribution is 2.04. The minimum atomic E-state index is -1.41. The second kappa shape index (κ2) is 7.59. The van der Waals surface area contributed by atoms with E-state index in [0.717, 1.165) is 13.1 Å². The molecule has 0 heterocycles. The first kappa shape index (κ1) is 14.3. The number of nitrogens with zero attached hydrogens (tertiary/aromatic N) is 3. The number of aliphatic hydroxyl groups excluding tert-OH is 1. The van der Waals surface area contributed by atoms with E-state index in [-0.39, 0.29) is 6.54 Å². The predicted molar refractivity (Wildman–Crippen MR) is 59.2 cm³/mol. The average molecular weight is 217 g/mol. The molecule has 0 aromatic heterocycles. The van der Waals surface area contributed by atoms with Gasteiger partial charge >= 0.3 is 0 Å². The first-order valence-corrected chi connectivity index (χ1v) is 5.40. The summed E-state index contributed by atoms with van der Waals surface area (Å²) in [7, 11) is 0.